The van der Waals surface area contributed by atoms with Gasteiger partial charge in [-0.25, -0.2) is 0 Å². The van der Waals surface area contributed by atoms with E-state index in [-0.39, 0.29) is 18.1 Å². The van der Waals surface area contributed by atoms with Gasteiger partial charge in [-0.05, 0) is 18.2 Å². The van der Waals surface area contributed by atoms with E-state index in [1.165, 1.54) is 0 Å². The summed E-state index contributed by atoms with van der Waals surface area (Å²) in [4.78, 5) is 14.0. The average molecular weight is 260 g/mol. The summed E-state index contributed by atoms with van der Waals surface area (Å²) in [7, 11) is 3.22. The molecule has 1 fully saturated rings. The van der Waals surface area contributed by atoms with Gasteiger partial charge < -0.3 is 14.4 Å². The fraction of sp³-hybridized carbons (Fsp3) is 0.429. The Morgan fingerprint density at radius 1 is 1.32 bits per heavy atom. The molecule has 2 atom stereocenters. The van der Waals surface area contributed by atoms with Crippen LogP contribution in [0.5, 0.6) is 0 Å². The van der Waals surface area contributed by atoms with Crippen molar-refractivity contribution in [2.45, 2.75) is 12.2 Å². The van der Waals surface area contributed by atoms with Crippen molar-refractivity contribution >= 4 is 5.91 Å². The van der Waals surface area contributed by atoms with Crippen LogP contribution < -0.4 is 0 Å². The zero-order valence-corrected chi connectivity index (χ0v) is 11.0. The molecule has 0 N–H and O–H groups in total. The van der Waals surface area contributed by atoms with Crippen LogP contribution in [-0.2, 0) is 9.47 Å². The summed E-state index contributed by atoms with van der Waals surface area (Å²) in [5.74, 6) is -0.0984. The highest BCUT2D eigenvalue weighted by Crippen LogP contribution is 2.18. The van der Waals surface area contributed by atoms with E-state index < -0.39 is 0 Å². The topological polar surface area (TPSA) is 62.6 Å². The Hall–Kier alpha value is -1.90. The maximum Gasteiger partial charge on any atom is 0.254 e. The van der Waals surface area contributed by atoms with Crippen molar-refractivity contribution in [1.82, 2.24) is 4.90 Å². The predicted octanol–water partition coefficient (Wildman–Crippen LogP) is 1.04. The molecule has 19 heavy (non-hydrogen) atoms. The van der Waals surface area contributed by atoms with E-state index in [4.69, 9.17) is 14.7 Å². The number of ether oxygens (including phenoxy) is 2. The van der Waals surface area contributed by atoms with Crippen molar-refractivity contribution in [3.63, 3.8) is 0 Å². The molecule has 0 spiro atoms. The lowest BCUT2D eigenvalue weighted by Gasteiger charge is -2.15. The molecule has 0 aromatic heterocycles. The number of hydrogen-bond acceptors (Lipinski definition) is 4. The third kappa shape index (κ3) is 2.75. The molecule has 2 unspecified atom stereocenters. The van der Waals surface area contributed by atoms with Gasteiger partial charge in [-0.15, -0.1) is 0 Å². The fourth-order valence-electron chi connectivity index (χ4n) is 2.27. The number of nitrogens with zero attached hydrogens (tertiary/aromatic N) is 2. The largest absolute Gasteiger partial charge is 0.377 e. The van der Waals surface area contributed by atoms with Crippen molar-refractivity contribution in [3.8, 4) is 6.07 Å². The van der Waals surface area contributed by atoms with E-state index in [9.17, 15) is 4.79 Å². The normalized spacial score (nSPS) is 22.3. The minimum atomic E-state index is -0.104. The van der Waals surface area contributed by atoms with Gasteiger partial charge in [0.25, 0.3) is 5.91 Å². The molecule has 0 radical (unpaired) electrons. The van der Waals surface area contributed by atoms with Gasteiger partial charge in [0.15, 0.2) is 0 Å². The van der Waals surface area contributed by atoms with E-state index >= 15 is 0 Å². The molecular weight excluding hydrogens is 244 g/mol. The molecule has 1 aromatic carbocycles. The standard InChI is InChI=1S/C14H16N2O3/c1-18-12-8-16(9-13(12)19-2)14(17)11-5-3-4-10(6-11)7-15/h3-6,12-13H,8-9H2,1-2H3. The molecule has 100 valence electrons. The number of methoxy groups -OCH3 is 2. The van der Waals surface area contributed by atoms with Gasteiger partial charge in [-0.2, -0.15) is 5.26 Å². The van der Waals surface area contributed by atoms with Gasteiger partial charge in [0.2, 0.25) is 0 Å². The molecule has 1 aliphatic heterocycles. The van der Waals surface area contributed by atoms with E-state index in [0.29, 0.717) is 24.2 Å². The van der Waals surface area contributed by atoms with Crippen LogP contribution in [0.15, 0.2) is 24.3 Å². The number of carbonyl (C=O) groups is 1. The highest BCUT2D eigenvalue weighted by molar-refractivity contribution is 5.94. The smallest absolute Gasteiger partial charge is 0.254 e. The number of carbonyl (C=O) groups excluding carboxylic acids is 1. The molecular formula is C14H16N2O3. The number of benzene rings is 1. The van der Waals surface area contributed by atoms with Crippen LogP contribution in [0.4, 0.5) is 0 Å². The second-order valence-electron chi connectivity index (χ2n) is 4.45. The third-order valence-corrected chi connectivity index (χ3v) is 3.35. The molecule has 0 bridgehead atoms. The quantitative estimate of drug-likeness (QED) is 0.814. The summed E-state index contributed by atoms with van der Waals surface area (Å²) in [6, 6.07) is 8.74. The molecule has 5 heteroatoms. The van der Waals surface area contributed by atoms with E-state index in [0.717, 1.165) is 0 Å². The Morgan fingerprint density at radius 2 is 1.95 bits per heavy atom. The predicted molar refractivity (Wildman–Crippen MR) is 68.7 cm³/mol. The Balaban J connectivity index is 2.14. The minimum Gasteiger partial charge on any atom is -0.377 e. The summed E-state index contributed by atoms with van der Waals surface area (Å²) < 4.78 is 10.6. The Labute approximate surface area is 112 Å². The number of rotatable bonds is 3. The Bertz CT molecular complexity index is 498. The van der Waals surface area contributed by atoms with Gasteiger partial charge >= 0.3 is 0 Å². The van der Waals surface area contributed by atoms with Crippen molar-refractivity contribution in [3.05, 3.63) is 35.4 Å². The van der Waals surface area contributed by atoms with Crippen LogP contribution in [0, 0.1) is 11.3 Å². The highest BCUT2D eigenvalue weighted by Gasteiger charge is 2.35. The van der Waals surface area contributed by atoms with Crippen LogP contribution in [-0.4, -0.2) is 50.3 Å². The number of amides is 1. The molecule has 1 aromatic rings. The van der Waals surface area contributed by atoms with Crippen LogP contribution in [0.3, 0.4) is 0 Å². The van der Waals surface area contributed by atoms with Gasteiger partial charge in [-0.1, -0.05) is 6.07 Å². The van der Waals surface area contributed by atoms with E-state index in [1.54, 1.807) is 43.4 Å². The molecule has 5 nitrogen and oxygen atoms in total. The molecule has 1 saturated heterocycles. The van der Waals surface area contributed by atoms with Crippen molar-refractivity contribution in [2.75, 3.05) is 27.3 Å². The number of nitriles is 1. The van der Waals surface area contributed by atoms with Crippen LogP contribution >= 0.6 is 0 Å². The first kappa shape index (κ1) is 13.5. The number of likely N-dealkylation sites (tertiary alicyclic amines) is 1. The minimum absolute atomic E-state index is 0.0984. The SMILES string of the molecule is COC1CN(C(=O)c2cccc(C#N)c2)CC1OC. The van der Waals surface area contributed by atoms with Crippen molar-refractivity contribution in [2.24, 2.45) is 0 Å². The molecule has 1 amide bonds. The lowest BCUT2D eigenvalue weighted by molar-refractivity contribution is -0.00461. The maximum atomic E-state index is 12.3. The van der Waals surface area contributed by atoms with Gasteiger partial charge in [0, 0.05) is 32.9 Å². The first-order chi connectivity index (χ1) is 9.19. The van der Waals surface area contributed by atoms with E-state index in [1.807, 2.05) is 6.07 Å². The summed E-state index contributed by atoms with van der Waals surface area (Å²) in [6.07, 6.45) is -0.207. The summed E-state index contributed by atoms with van der Waals surface area (Å²) >= 11 is 0. The average Bonchev–Trinajstić information content (AvgIpc) is 2.89. The fourth-order valence-corrected chi connectivity index (χ4v) is 2.27. The molecule has 1 aliphatic rings. The lowest BCUT2D eigenvalue weighted by atomic mass is 10.1. The first-order valence-corrected chi connectivity index (χ1v) is 6.04. The molecule has 0 saturated carbocycles. The zero-order chi connectivity index (χ0) is 13.8. The molecule has 1 heterocycles. The zero-order valence-electron chi connectivity index (χ0n) is 11.0. The van der Waals surface area contributed by atoms with E-state index in [2.05, 4.69) is 0 Å². The highest BCUT2D eigenvalue weighted by atomic mass is 16.5. The number of hydrogen-bond donors (Lipinski definition) is 0. The summed E-state index contributed by atoms with van der Waals surface area (Å²) in [5.41, 5.74) is 1.00. The first-order valence-electron chi connectivity index (χ1n) is 6.04. The third-order valence-electron chi connectivity index (χ3n) is 3.35. The van der Waals surface area contributed by atoms with Crippen molar-refractivity contribution in [1.29, 1.82) is 5.26 Å². The van der Waals surface area contributed by atoms with Crippen LogP contribution in [0.25, 0.3) is 0 Å². The Morgan fingerprint density at radius 3 is 2.47 bits per heavy atom. The summed E-state index contributed by atoms with van der Waals surface area (Å²) in [5, 5.41) is 8.85. The lowest BCUT2D eigenvalue weighted by Crippen LogP contribution is -2.30. The van der Waals surface area contributed by atoms with Crippen molar-refractivity contribution < 1.29 is 14.3 Å². The molecule has 2 rings (SSSR count). The van der Waals surface area contributed by atoms with Gasteiger partial charge in [0.1, 0.15) is 12.2 Å². The second-order valence-corrected chi connectivity index (χ2v) is 4.45. The monoisotopic (exact) mass is 260 g/mol. The van der Waals surface area contributed by atoms with Crippen LogP contribution in [0.1, 0.15) is 15.9 Å². The molecule has 0 aliphatic carbocycles. The maximum absolute atomic E-state index is 12.3. The summed E-state index contributed by atoms with van der Waals surface area (Å²) in [6.45, 7) is 1.01. The van der Waals surface area contributed by atoms with Gasteiger partial charge in [0.05, 0.1) is 11.6 Å². The second kappa shape index (κ2) is 5.83. The van der Waals surface area contributed by atoms with Gasteiger partial charge in [-0.3, -0.25) is 4.79 Å². The Kier molecular flexibility index (Phi) is 4.15. The van der Waals surface area contributed by atoms with Crippen LogP contribution in [0.2, 0.25) is 0 Å².